The Kier molecular flexibility index (Phi) is 7.26. The van der Waals surface area contributed by atoms with Crippen LogP contribution in [0.15, 0.2) is 60.7 Å². The molecule has 0 aromatic heterocycles. The molecule has 0 heterocycles. The summed E-state index contributed by atoms with van der Waals surface area (Å²) in [6, 6.07) is 20.6. The van der Waals surface area contributed by atoms with Gasteiger partial charge in [0.25, 0.3) is 0 Å². The Labute approximate surface area is 160 Å². The van der Waals surface area contributed by atoms with Crippen molar-refractivity contribution in [2.45, 2.75) is 26.8 Å². The van der Waals surface area contributed by atoms with Crippen LogP contribution in [0.1, 0.15) is 41.4 Å². The molecule has 0 bridgehead atoms. The Morgan fingerprint density at radius 1 is 1.04 bits per heavy atom. The molecule has 27 heavy (non-hydrogen) atoms. The molecule has 3 aromatic carbocycles. The molecule has 0 saturated carbocycles. The van der Waals surface area contributed by atoms with Gasteiger partial charge in [0, 0.05) is 24.2 Å². The molecule has 3 aromatic rings. The monoisotopic (exact) mass is 362 g/mol. The minimum Gasteiger partial charge on any atom is -0.326 e. The molecule has 1 amide bonds. The molecule has 140 valence electrons. The predicted octanol–water partition coefficient (Wildman–Crippen LogP) is 4.89. The standard InChI is InChI=1S/C13H15N.C10H11NO2/c1-10(14-2)12-9-5-7-11-6-3-4-8-13(11)12;1-7-3-4-10(11-8(2)13)5-9(7)6-12/h3-10,14H,1-2H3;3-6H,1-2H3,(H,11,13). The first-order chi connectivity index (χ1) is 13.0. The molecule has 4 heteroatoms. The number of carbonyl (C=O) groups excluding carboxylic acids is 2. The lowest BCUT2D eigenvalue weighted by Crippen LogP contribution is -2.12. The number of carbonyl (C=O) groups is 2. The van der Waals surface area contributed by atoms with Crippen LogP contribution in [0.2, 0.25) is 0 Å². The summed E-state index contributed by atoms with van der Waals surface area (Å²) in [6.45, 7) is 5.46. The number of hydrogen-bond donors (Lipinski definition) is 2. The van der Waals surface area contributed by atoms with Crippen LogP contribution < -0.4 is 10.6 Å². The minimum absolute atomic E-state index is 0.138. The van der Waals surface area contributed by atoms with E-state index in [-0.39, 0.29) is 5.91 Å². The Balaban J connectivity index is 0.000000194. The zero-order valence-corrected chi connectivity index (χ0v) is 16.2. The maximum absolute atomic E-state index is 10.7. The molecule has 0 aliphatic rings. The molecular formula is C23H26N2O2. The molecular weight excluding hydrogens is 336 g/mol. The largest absolute Gasteiger partial charge is 0.326 e. The van der Waals surface area contributed by atoms with Crippen LogP contribution >= 0.6 is 0 Å². The first kappa shape index (κ1) is 20.3. The van der Waals surface area contributed by atoms with Gasteiger partial charge in [-0.05, 0) is 54.9 Å². The van der Waals surface area contributed by atoms with E-state index in [4.69, 9.17) is 0 Å². The lowest BCUT2D eigenvalue weighted by Gasteiger charge is -2.13. The Morgan fingerprint density at radius 2 is 1.74 bits per heavy atom. The van der Waals surface area contributed by atoms with E-state index < -0.39 is 0 Å². The second-order valence-corrected chi connectivity index (χ2v) is 6.45. The lowest BCUT2D eigenvalue weighted by molar-refractivity contribution is -0.114. The summed E-state index contributed by atoms with van der Waals surface area (Å²) < 4.78 is 0. The molecule has 0 spiro atoms. The number of benzene rings is 3. The van der Waals surface area contributed by atoms with E-state index in [1.165, 1.54) is 23.3 Å². The smallest absolute Gasteiger partial charge is 0.221 e. The summed E-state index contributed by atoms with van der Waals surface area (Å²) >= 11 is 0. The normalized spacial score (nSPS) is 11.3. The third kappa shape index (κ3) is 5.50. The second-order valence-electron chi connectivity index (χ2n) is 6.45. The molecule has 3 rings (SSSR count). The van der Waals surface area contributed by atoms with Gasteiger partial charge in [-0.1, -0.05) is 48.5 Å². The molecule has 1 unspecified atom stereocenters. The van der Waals surface area contributed by atoms with Crippen LogP contribution in [-0.2, 0) is 4.79 Å². The van der Waals surface area contributed by atoms with Gasteiger partial charge < -0.3 is 10.6 Å². The van der Waals surface area contributed by atoms with Crippen molar-refractivity contribution in [1.82, 2.24) is 5.32 Å². The third-order valence-corrected chi connectivity index (χ3v) is 4.45. The highest BCUT2D eigenvalue weighted by Crippen LogP contribution is 2.23. The lowest BCUT2D eigenvalue weighted by atomic mass is 10.00. The van der Waals surface area contributed by atoms with E-state index in [2.05, 4.69) is 60.0 Å². The topological polar surface area (TPSA) is 58.2 Å². The summed E-state index contributed by atoms with van der Waals surface area (Å²) in [7, 11) is 1.99. The average molecular weight is 362 g/mol. The van der Waals surface area contributed by atoms with Crippen LogP contribution in [0.5, 0.6) is 0 Å². The highest BCUT2D eigenvalue weighted by atomic mass is 16.1. The van der Waals surface area contributed by atoms with Crippen molar-refractivity contribution in [2.75, 3.05) is 12.4 Å². The summed E-state index contributed by atoms with van der Waals surface area (Å²) in [5.74, 6) is -0.138. The Hall–Kier alpha value is -2.98. The number of amides is 1. The van der Waals surface area contributed by atoms with Gasteiger partial charge in [0.1, 0.15) is 6.29 Å². The highest BCUT2D eigenvalue weighted by molar-refractivity contribution is 5.90. The Bertz CT molecular complexity index is 929. The second kappa shape index (κ2) is 9.64. The highest BCUT2D eigenvalue weighted by Gasteiger charge is 2.05. The van der Waals surface area contributed by atoms with Crippen molar-refractivity contribution in [2.24, 2.45) is 0 Å². The van der Waals surface area contributed by atoms with Gasteiger partial charge in [0.2, 0.25) is 5.91 Å². The van der Waals surface area contributed by atoms with Crippen molar-refractivity contribution >= 4 is 28.7 Å². The quantitative estimate of drug-likeness (QED) is 0.650. The molecule has 0 fully saturated rings. The van der Waals surface area contributed by atoms with Gasteiger partial charge >= 0.3 is 0 Å². The van der Waals surface area contributed by atoms with Crippen LogP contribution in [0, 0.1) is 6.92 Å². The number of aldehydes is 1. The van der Waals surface area contributed by atoms with E-state index in [1.807, 2.05) is 14.0 Å². The number of nitrogens with one attached hydrogen (secondary N) is 2. The first-order valence-electron chi connectivity index (χ1n) is 8.94. The summed E-state index contributed by atoms with van der Waals surface area (Å²) in [5, 5.41) is 8.54. The zero-order chi connectivity index (χ0) is 19.8. The number of anilines is 1. The van der Waals surface area contributed by atoms with Gasteiger partial charge in [-0.3, -0.25) is 9.59 Å². The zero-order valence-electron chi connectivity index (χ0n) is 16.2. The third-order valence-electron chi connectivity index (χ3n) is 4.45. The SMILES string of the molecule is CC(=O)Nc1ccc(C)c(C=O)c1.CNC(C)c1cccc2ccccc12. The Morgan fingerprint density at radius 3 is 2.41 bits per heavy atom. The number of aryl methyl sites for hydroxylation is 1. The molecule has 1 atom stereocenters. The summed E-state index contributed by atoms with van der Waals surface area (Å²) in [5.41, 5.74) is 3.53. The average Bonchev–Trinajstić information content (AvgIpc) is 2.68. The van der Waals surface area contributed by atoms with Gasteiger partial charge in [0.15, 0.2) is 0 Å². The summed E-state index contributed by atoms with van der Waals surface area (Å²) in [4.78, 5) is 21.3. The van der Waals surface area contributed by atoms with Gasteiger partial charge in [-0.25, -0.2) is 0 Å². The van der Waals surface area contributed by atoms with Crippen LogP contribution in [0.25, 0.3) is 10.8 Å². The predicted molar refractivity (Wildman–Crippen MR) is 112 cm³/mol. The van der Waals surface area contributed by atoms with Crippen molar-refractivity contribution < 1.29 is 9.59 Å². The van der Waals surface area contributed by atoms with E-state index in [0.29, 0.717) is 17.3 Å². The molecule has 2 N–H and O–H groups in total. The maximum Gasteiger partial charge on any atom is 0.221 e. The van der Waals surface area contributed by atoms with Gasteiger partial charge in [-0.15, -0.1) is 0 Å². The number of fused-ring (bicyclic) bond motifs is 1. The van der Waals surface area contributed by atoms with Crippen molar-refractivity contribution in [3.63, 3.8) is 0 Å². The van der Waals surface area contributed by atoms with E-state index in [9.17, 15) is 9.59 Å². The van der Waals surface area contributed by atoms with Crippen molar-refractivity contribution in [1.29, 1.82) is 0 Å². The fourth-order valence-electron chi connectivity index (χ4n) is 2.83. The van der Waals surface area contributed by atoms with Gasteiger partial charge in [-0.2, -0.15) is 0 Å². The molecule has 0 aliphatic carbocycles. The summed E-state index contributed by atoms with van der Waals surface area (Å²) in [6.07, 6.45) is 0.778. The fraction of sp³-hybridized carbons (Fsp3) is 0.217. The van der Waals surface area contributed by atoms with E-state index in [0.717, 1.165) is 11.8 Å². The van der Waals surface area contributed by atoms with E-state index in [1.54, 1.807) is 18.2 Å². The molecule has 4 nitrogen and oxygen atoms in total. The number of hydrogen-bond acceptors (Lipinski definition) is 3. The first-order valence-corrected chi connectivity index (χ1v) is 8.94. The fourth-order valence-corrected chi connectivity index (χ4v) is 2.83. The van der Waals surface area contributed by atoms with Crippen LogP contribution in [0.4, 0.5) is 5.69 Å². The van der Waals surface area contributed by atoms with Crippen molar-refractivity contribution in [3.8, 4) is 0 Å². The van der Waals surface area contributed by atoms with Crippen LogP contribution in [0.3, 0.4) is 0 Å². The van der Waals surface area contributed by atoms with Crippen molar-refractivity contribution in [3.05, 3.63) is 77.4 Å². The molecule has 0 saturated heterocycles. The minimum atomic E-state index is -0.138. The molecule has 0 radical (unpaired) electrons. The number of rotatable bonds is 4. The van der Waals surface area contributed by atoms with E-state index >= 15 is 0 Å². The van der Waals surface area contributed by atoms with Gasteiger partial charge in [0.05, 0.1) is 0 Å². The maximum atomic E-state index is 10.7. The van der Waals surface area contributed by atoms with Crippen LogP contribution in [-0.4, -0.2) is 19.2 Å². The molecule has 0 aliphatic heterocycles.